The Hall–Kier alpha value is -3.61. The number of halogens is 1. The molecule has 35 heavy (non-hydrogen) atoms. The molecule has 3 aromatic carbocycles. The molecule has 2 fully saturated rings. The molecule has 2 heterocycles. The summed E-state index contributed by atoms with van der Waals surface area (Å²) in [4.78, 5) is 56.5. The number of fused-ring (bicyclic) bond motifs is 3. The second-order valence-electron chi connectivity index (χ2n) is 9.23. The predicted molar refractivity (Wildman–Crippen MR) is 129 cm³/mol. The molecule has 0 saturated carbocycles. The summed E-state index contributed by atoms with van der Waals surface area (Å²) in [6.07, 6.45) is -0.953. The third-order valence-electron chi connectivity index (χ3n) is 7.57. The number of benzene rings is 3. The van der Waals surface area contributed by atoms with Gasteiger partial charge in [0, 0.05) is 11.1 Å². The summed E-state index contributed by atoms with van der Waals surface area (Å²) in [5.74, 6) is -4.71. The summed E-state index contributed by atoms with van der Waals surface area (Å²) < 4.78 is 6.36. The first-order chi connectivity index (χ1) is 16.8. The smallest absolute Gasteiger partial charge is 0.241 e. The molecule has 3 aliphatic rings. The van der Waals surface area contributed by atoms with Crippen LogP contribution in [0, 0.1) is 25.7 Å². The van der Waals surface area contributed by atoms with Gasteiger partial charge in [0.15, 0.2) is 0 Å². The van der Waals surface area contributed by atoms with E-state index in [4.69, 9.17) is 16.3 Å². The van der Waals surface area contributed by atoms with E-state index in [-0.39, 0.29) is 21.8 Å². The van der Waals surface area contributed by atoms with Crippen molar-refractivity contribution in [1.29, 1.82) is 0 Å². The van der Waals surface area contributed by atoms with Gasteiger partial charge in [0.2, 0.25) is 29.0 Å². The Balaban J connectivity index is 1.59. The first-order valence-corrected chi connectivity index (χ1v) is 11.7. The number of anilines is 1. The van der Waals surface area contributed by atoms with Gasteiger partial charge in [-0.3, -0.25) is 19.2 Å². The van der Waals surface area contributed by atoms with Crippen LogP contribution in [0.1, 0.15) is 43.5 Å². The minimum Gasteiger partial charge on any atom is -0.349 e. The van der Waals surface area contributed by atoms with Gasteiger partial charge in [0.1, 0.15) is 0 Å². The van der Waals surface area contributed by atoms with Gasteiger partial charge in [0.25, 0.3) is 0 Å². The topological polar surface area (TPSA) is 80.8 Å². The molecule has 1 aliphatic carbocycles. The lowest BCUT2D eigenvalue weighted by Gasteiger charge is -2.28. The Kier molecular flexibility index (Phi) is 4.66. The molecule has 1 spiro atoms. The van der Waals surface area contributed by atoms with E-state index in [9.17, 15) is 19.2 Å². The highest BCUT2D eigenvalue weighted by atomic mass is 35.5. The van der Waals surface area contributed by atoms with E-state index in [1.54, 1.807) is 48.5 Å². The average Bonchev–Trinajstić information content (AvgIpc) is 3.41. The molecule has 3 aromatic rings. The highest BCUT2D eigenvalue weighted by Gasteiger charge is 2.75. The van der Waals surface area contributed by atoms with Crippen molar-refractivity contribution in [3.63, 3.8) is 0 Å². The number of amides is 2. The Labute approximate surface area is 206 Å². The number of ketones is 2. The van der Waals surface area contributed by atoms with Gasteiger partial charge in [-0.2, -0.15) is 0 Å². The number of aryl methyl sites for hydroxylation is 1. The maximum atomic E-state index is 13.9. The number of carbonyl (C=O) groups is 4. The van der Waals surface area contributed by atoms with Crippen molar-refractivity contribution in [2.45, 2.75) is 25.6 Å². The fourth-order valence-electron chi connectivity index (χ4n) is 5.75. The lowest BCUT2D eigenvalue weighted by atomic mass is 9.76. The molecular weight excluding hydrogens is 466 g/mol. The number of carbonyl (C=O) groups excluding carboxylic acids is 4. The van der Waals surface area contributed by atoms with E-state index in [1.807, 2.05) is 32.0 Å². The van der Waals surface area contributed by atoms with E-state index >= 15 is 0 Å². The quantitative estimate of drug-likeness (QED) is 0.390. The van der Waals surface area contributed by atoms with Crippen LogP contribution in [0.15, 0.2) is 66.7 Å². The van der Waals surface area contributed by atoms with E-state index < -0.39 is 46.9 Å². The molecule has 0 radical (unpaired) electrons. The highest BCUT2D eigenvalue weighted by Crippen LogP contribution is 2.58. The SMILES string of the molecule is Cc1cccc([C@@H]2OC3(C(=O)c4ccccc4C3=O)[C@@H]3C(=O)N(c4ccccc4Cl)C(=O)[C@H]32)c1C. The van der Waals surface area contributed by atoms with Crippen molar-refractivity contribution in [1.82, 2.24) is 0 Å². The predicted octanol–water partition coefficient (Wildman–Crippen LogP) is 4.65. The zero-order chi connectivity index (χ0) is 24.6. The van der Waals surface area contributed by atoms with Gasteiger partial charge in [-0.05, 0) is 42.7 Å². The summed E-state index contributed by atoms with van der Waals surface area (Å²) >= 11 is 6.36. The monoisotopic (exact) mass is 485 g/mol. The third kappa shape index (κ3) is 2.69. The van der Waals surface area contributed by atoms with Crippen molar-refractivity contribution in [2.75, 3.05) is 4.90 Å². The Morgan fingerprint density at radius 2 is 1.43 bits per heavy atom. The Morgan fingerprint density at radius 3 is 2.09 bits per heavy atom. The largest absolute Gasteiger partial charge is 0.349 e. The lowest BCUT2D eigenvalue weighted by Crippen LogP contribution is -2.51. The lowest BCUT2D eigenvalue weighted by molar-refractivity contribution is -0.127. The van der Waals surface area contributed by atoms with Gasteiger partial charge in [-0.15, -0.1) is 0 Å². The molecule has 2 amide bonds. The van der Waals surface area contributed by atoms with Crippen molar-refractivity contribution in [2.24, 2.45) is 11.8 Å². The van der Waals surface area contributed by atoms with Crippen molar-refractivity contribution in [3.8, 4) is 0 Å². The number of hydrogen-bond donors (Lipinski definition) is 0. The minimum atomic E-state index is -2.10. The fraction of sp³-hybridized carbons (Fsp3) is 0.214. The second kappa shape index (κ2) is 7.44. The van der Waals surface area contributed by atoms with Crippen LogP contribution in [-0.4, -0.2) is 29.0 Å². The number of rotatable bonds is 2. The van der Waals surface area contributed by atoms with Crippen LogP contribution in [0.2, 0.25) is 5.02 Å². The second-order valence-corrected chi connectivity index (χ2v) is 9.64. The highest BCUT2D eigenvalue weighted by molar-refractivity contribution is 6.39. The van der Waals surface area contributed by atoms with Crippen LogP contribution in [0.4, 0.5) is 5.69 Å². The zero-order valence-electron chi connectivity index (χ0n) is 18.9. The number of nitrogens with zero attached hydrogens (tertiary/aromatic N) is 1. The maximum Gasteiger partial charge on any atom is 0.241 e. The van der Waals surface area contributed by atoms with Crippen LogP contribution < -0.4 is 4.90 Å². The van der Waals surface area contributed by atoms with Crippen LogP contribution in [0.3, 0.4) is 0 Å². The fourth-order valence-corrected chi connectivity index (χ4v) is 5.97. The average molecular weight is 486 g/mol. The van der Waals surface area contributed by atoms with E-state index in [2.05, 4.69) is 0 Å². The molecule has 2 aliphatic heterocycles. The number of imide groups is 1. The molecule has 6 rings (SSSR count). The molecule has 174 valence electrons. The molecular formula is C28H20ClNO5. The van der Waals surface area contributed by atoms with Crippen molar-refractivity contribution in [3.05, 3.63) is 99.6 Å². The first-order valence-electron chi connectivity index (χ1n) is 11.3. The standard InChI is InChI=1S/C28H20ClNO5/c1-14-8-7-11-16(15(14)2)23-21-22(27(34)30(26(21)33)20-13-6-5-12-19(20)29)28(35-23)24(31)17-9-3-4-10-18(17)25(28)32/h3-13,21-23H,1-2H3/t21-,22+,23+/m1/s1. The summed E-state index contributed by atoms with van der Waals surface area (Å²) in [7, 11) is 0. The van der Waals surface area contributed by atoms with Crippen LogP contribution in [0.5, 0.6) is 0 Å². The maximum absolute atomic E-state index is 13.9. The zero-order valence-corrected chi connectivity index (χ0v) is 19.7. The molecule has 0 bridgehead atoms. The van der Waals surface area contributed by atoms with Crippen molar-refractivity contribution >= 4 is 40.7 Å². The molecule has 3 atom stereocenters. The van der Waals surface area contributed by atoms with E-state index in [0.29, 0.717) is 5.56 Å². The minimum absolute atomic E-state index is 0.203. The molecule has 0 unspecified atom stereocenters. The molecule has 7 heteroatoms. The van der Waals surface area contributed by atoms with Gasteiger partial charge in [0.05, 0.1) is 28.6 Å². The summed E-state index contributed by atoms with van der Waals surface area (Å²) in [6, 6.07) is 18.5. The summed E-state index contributed by atoms with van der Waals surface area (Å²) in [5.41, 5.74) is 1.05. The summed E-state index contributed by atoms with van der Waals surface area (Å²) in [5, 5.41) is 0.222. The van der Waals surface area contributed by atoms with Gasteiger partial charge >= 0.3 is 0 Å². The number of para-hydroxylation sites is 1. The summed E-state index contributed by atoms with van der Waals surface area (Å²) in [6.45, 7) is 3.83. The van der Waals surface area contributed by atoms with Crippen LogP contribution >= 0.6 is 11.6 Å². The van der Waals surface area contributed by atoms with Gasteiger partial charge in [-0.25, -0.2) is 4.90 Å². The van der Waals surface area contributed by atoms with Gasteiger partial charge < -0.3 is 4.74 Å². The Bertz CT molecular complexity index is 1440. The molecule has 6 nitrogen and oxygen atoms in total. The Morgan fingerprint density at radius 1 is 0.800 bits per heavy atom. The van der Waals surface area contributed by atoms with E-state index in [0.717, 1.165) is 16.0 Å². The molecule has 2 saturated heterocycles. The number of Topliss-reactive ketones (excluding diaryl/α,β-unsaturated/α-hetero) is 2. The van der Waals surface area contributed by atoms with Crippen LogP contribution in [0.25, 0.3) is 0 Å². The normalized spacial score (nSPS) is 24.4. The van der Waals surface area contributed by atoms with Gasteiger partial charge in [-0.1, -0.05) is 66.2 Å². The molecule has 0 N–H and O–H groups in total. The molecule has 0 aromatic heterocycles. The number of hydrogen-bond acceptors (Lipinski definition) is 5. The van der Waals surface area contributed by atoms with Crippen molar-refractivity contribution < 1.29 is 23.9 Å². The number of ether oxygens (including phenoxy) is 1. The third-order valence-corrected chi connectivity index (χ3v) is 7.89. The first kappa shape index (κ1) is 21.9. The van der Waals surface area contributed by atoms with Crippen LogP contribution in [-0.2, 0) is 14.3 Å². The van der Waals surface area contributed by atoms with E-state index in [1.165, 1.54) is 0 Å².